The summed E-state index contributed by atoms with van der Waals surface area (Å²) in [5.41, 5.74) is 0. The van der Waals surface area contributed by atoms with Crippen LogP contribution in [0.4, 0.5) is 0 Å². The molecule has 0 radical (unpaired) electrons. The van der Waals surface area contributed by atoms with Gasteiger partial charge in [0.15, 0.2) is 0 Å². The predicted molar refractivity (Wildman–Crippen MR) is 60.1 cm³/mol. The van der Waals surface area contributed by atoms with Crippen molar-refractivity contribution < 1.29 is 0 Å². The van der Waals surface area contributed by atoms with E-state index in [4.69, 9.17) is 20.0 Å². The van der Waals surface area contributed by atoms with Gasteiger partial charge in [0.1, 0.15) is 0 Å². The first kappa shape index (κ1) is 13.1. The molecule has 74 valence electrons. The molecule has 1 nitrogen and oxygen atoms in total. The van der Waals surface area contributed by atoms with Crippen LogP contribution < -0.4 is 0 Å². The van der Waals surface area contributed by atoms with Crippen molar-refractivity contribution in [3.05, 3.63) is 0 Å². The second-order valence-electron chi connectivity index (χ2n) is 3.96. The summed E-state index contributed by atoms with van der Waals surface area (Å²) >= 11 is -2.78. The average molecular weight is 273 g/mol. The molecular weight excluding hydrogens is 254 g/mol. The third kappa shape index (κ3) is 2.79. The summed E-state index contributed by atoms with van der Waals surface area (Å²) in [5.74, 6) is 0. The Morgan fingerprint density at radius 3 is 1.50 bits per heavy atom. The molecule has 4 heteroatoms. The van der Waals surface area contributed by atoms with Gasteiger partial charge in [-0.3, -0.25) is 0 Å². The van der Waals surface area contributed by atoms with Crippen LogP contribution in [0.3, 0.4) is 0 Å². The molecule has 0 aromatic rings. The van der Waals surface area contributed by atoms with Crippen molar-refractivity contribution in [2.45, 2.75) is 38.9 Å². The number of rotatable bonds is 3. The Bertz CT molecular complexity index is 138. The fraction of sp³-hybridized carbons (Fsp3) is 1.00. The van der Waals surface area contributed by atoms with Crippen LogP contribution in [0.5, 0.6) is 0 Å². The molecule has 0 saturated heterocycles. The third-order valence-electron chi connectivity index (χ3n) is 2.06. The van der Waals surface area contributed by atoms with Crippen molar-refractivity contribution >= 4 is 31.6 Å². The van der Waals surface area contributed by atoms with E-state index < -0.39 is 11.6 Å². The normalized spacial score (nSPS) is 14.0. The van der Waals surface area contributed by atoms with Crippen molar-refractivity contribution in [2.24, 2.45) is 0 Å². The molecule has 0 aromatic carbocycles. The van der Waals surface area contributed by atoms with Gasteiger partial charge in [0, 0.05) is 0 Å². The number of hydrogen-bond acceptors (Lipinski definition) is 1. The monoisotopic (exact) mass is 273 g/mol. The summed E-state index contributed by atoms with van der Waals surface area (Å²) in [7, 11) is 12.9. The standard InChI is InChI=1S/C8H19Cl2GeN/c1-6-12(7-2)11(9,10)8(3,4)5/h6-7H2,1-5H3. The second kappa shape index (κ2) is 4.54. The number of hydrogen-bond donors (Lipinski definition) is 0. The number of nitrogens with zero attached hydrogens (tertiary/aromatic N) is 1. The molecule has 0 saturated carbocycles. The Balaban J connectivity index is 4.57. The Morgan fingerprint density at radius 1 is 1.08 bits per heavy atom. The van der Waals surface area contributed by atoms with Gasteiger partial charge < -0.3 is 0 Å². The van der Waals surface area contributed by atoms with Crippen LogP contribution in [0.15, 0.2) is 0 Å². The first-order valence-corrected chi connectivity index (χ1v) is 11.9. The Kier molecular flexibility index (Phi) is 4.95. The van der Waals surface area contributed by atoms with Gasteiger partial charge in [-0.25, -0.2) is 0 Å². The third-order valence-corrected chi connectivity index (χ3v) is 17.2. The van der Waals surface area contributed by atoms with Gasteiger partial charge in [-0.15, -0.1) is 0 Å². The molecule has 0 atom stereocenters. The molecular formula is C8H19Cl2GeN. The van der Waals surface area contributed by atoms with Crippen LogP contribution in [-0.2, 0) is 0 Å². The van der Waals surface area contributed by atoms with Crippen molar-refractivity contribution in [2.75, 3.05) is 13.1 Å². The summed E-state index contributed by atoms with van der Waals surface area (Å²) in [6.07, 6.45) is 0. The minimum atomic E-state index is -2.78. The van der Waals surface area contributed by atoms with Crippen molar-refractivity contribution in [1.29, 1.82) is 0 Å². The van der Waals surface area contributed by atoms with Crippen LogP contribution in [0.25, 0.3) is 0 Å². The topological polar surface area (TPSA) is 3.24 Å². The molecule has 0 spiro atoms. The average Bonchev–Trinajstić information content (AvgIpc) is 1.87. The fourth-order valence-electron chi connectivity index (χ4n) is 1.10. The zero-order valence-electron chi connectivity index (χ0n) is 8.62. The van der Waals surface area contributed by atoms with Gasteiger partial charge in [-0.2, -0.15) is 0 Å². The Hall–Kier alpha value is 1.08. The molecule has 0 aliphatic rings. The zero-order valence-corrected chi connectivity index (χ0v) is 12.2. The molecule has 0 heterocycles. The molecule has 0 rings (SSSR count). The van der Waals surface area contributed by atoms with E-state index in [1.54, 1.807) is 0 Å². The maximum absolute atomic E-state index is 6.46. The molecule has 0 bridgehead atoms. The van der Waals surface area contributed by atoms with Gasteiger partial charge in [0.25, 0.3) is 0 Å². The first-order chi connectivity index (χ1) is 5.27. The molecule has 0 aromatic heterocycles. The van der Waals surface area contributed by atoms with Gasteiger partial charge in [0.05, 0.1) is 0 Å². The van der Waals surface area contributed by atoms with Crippen LogP contribution in [0.2, 0.25) is 4.25 Å². The molecule has 0 unspecified atom stereocenters. The van der Waals surface area contributed by atoms with E-state index in [1.807, 2.05) is 0 Å². The number of halogens is 2. The van der Waals surface area contributed by atoms with Gasteiger partial charge in [0.2, 0.25) is 0 Å². The molecule has 0 aliphatic carbocycles. The van der Waals surface area contributed by atoms with Gasteiger partial charge >= 0.3 is 87.5 Å². The van der Waals surface area contributed by atoms with Crippen LogP contribution in [0, 0.1) is 0 Å². The van der Waals surface area contributed by atoms with Crippen LogP contribution >= 0.6 is 20.0 Å². The molecule has 0 amide bonds. The molecule has 0 fully saturated rings. The van der Waals surface area contributed by atoms with Crippen molar-refractivity contribution in [3.8, 4) is 0 Å². The minimum absolute atomic E-state index is 0.0646. The zero-order chi connectivity index (χ0) is 9.99. The molecule has 0 aliphatic heterocycles. The van der Waals surface area contributed by atoms with Crippen LogP contribution in [-0.4, -0.2) is 28.6 Å². The van der Waals surface area contributed by atoms with Gasteiger partial charge in [-0.05, 0) is 0 Å². The van der Waals surface area contributed by atoms with Crippen molar-refractivity contribution in [1.82, 2.24) is 3.86 Å². The molecule has 0 N–H and O–H groups in total. The summed E-state index contributed by atoms with van der Waals surface area (Å²) < 4.78 is 2.30. The van der Waals surface area contributed by atoms with E-state index in [0.29, 0.717) is 0 Å². The predicted octanol–water partition coefficient (Wildman–Crippen LogP) is 3.54. The van der Waals surface area contributed by atoms with Crippen molar-refractivity contribution in [3.63, 3.8) is 0 Å². The Labute approximate surface area is 87.4 Å². The van der Waals surface area contributed by atoms with E-state index in [9.17, 15) is 0 Å². The van der Waals surface area contributed by atoms with E-state index in [1.165, 1.54) is 0 Å². The second-order valence-corrected chi connectivity index (χ2v) is 17.4. The Morgan fingerprint density at radius 2 is 1.42 bits per heavy atom. The summed E-state index contributed by atoms with van der Waals surface area (Å²) in [6, 6.07) is 0. The summed E-state index contributed by atoms with van der Waals surface area (Å²) in [6.45, 7) is 12.5. The van der Waals surface area contributed by atoms with E-state index in [-0.39, 0.29) is 4.25 Å². The fourth-order valence-corrected chi connectivity index (χ4v) is 7.24. The van der Waals surface area contributed by atoms with Gasteiger partial charge in [-0.1, -0.05) is 0 Å². The maximum atomic E-state index is 6.46. The van der Waals surface area contributed by atoms with Crippen LogP contribution in [0.1, 0.15) is 34.6 Å². The SMILES string of the molecule is CC[N](CC)[Ge]([Cl])([Cl])[C](C)(C)C. The quantitative estimate of drug-likeness (QED) is 0.711. The summed E-state index contributed by atoms with van der Waals surface area (Å²) in [5, 5.41) is 0. The van der Waals surface area contributed by atoms with E-state index in [0.717, 1.165) is 13.1 Å². The molecule has 12 heavy (non-hydrogen) atoms. The van der Waals surface area contributed by atoms with E-state index >= 15 is 0 Å². The summed E-state index contributed by atoms with van der Waals surface area (Å²) in [4.78, 5) is 0. The first-order valence-electron chi connectivity index (χ1n) is 4.40. The van der Waals surface area contributed by atoms with E-state index in [2.05, 4.69) is 38.5 Å².